The molecule has 0 bridgehead atoms. The number of methoxy groups -OCH3 is 1. The molecule has 0 aliphatic carbocycles. The molecule has 0 N–H and O–H groups in total. The van der Waals surface area contributed by atoms with E-state index in [9.17, 15) is 0 Å². The summed E-state index contributed by atoms with van der Waals surface area (Å²) in [5, 5.41) is 0. The second kappa shape index (κ2) is 6.40. The van der Waals surface area contributed by atoms with Crippen molar-refractivity contribution in [2.24, 2.45) is 0 Å². The van der Waals surface area contributed by atoms with Crippen LogP contribution >= 0.6 is 0 Å². The zero-order valence-electron chi connectivity index (χ0n) is 8.55. The average Bonchev–Trinajstić information content (AvgIpc) is 2.07. The molecule has 12 heavy (non-hydrogen) atoms. The minimum atomic E-state index is 0.0417. The predicted octanol–water partition coefficient (Wildman–Crippen LogP) is 2.16. The molecular formula is C9H20O3. The van der Waals surface area contributed by atoms with E-state index < -0.39 is 0 Å². The quantitative estimate of drug-likeness (QED) is 0.529. The Bertz CT molecular complexity index is 80.9. The van der Waals surface area contributed by atoms with Gasteiger partial charge in [0.2, 0.25) is 0 Å². The Hall–Kier alpha value is -0.120. The summed E-state index contributed by atoms with van der Waals surface area (Å²) in [5.74, 6) is 0. The molecule has 0 aromatic heterocycles. The highest BCUT2D eigenvalue weighted by atomic mass is 17.2. The van der Waals surface area contributed by atoms with Crippen molar-refractivity contribution in [2.45, 2.75) is 39.2 Å². The van der Waals surface area contributed by atoms with E-state index in [4.69, 9.17) is 4.74 Å². The van der Waals surface area contributed by atoms with E-state index in [1.807, 2.05) is 20.8 Å². The molecule has 0 spiro atoms. The first-order valence-electron chi connectivity index (χ1n) is 4.36. The standard InChI is InChI=1S/C5H12O.C4H8O2/c1-5(2,3)6-4;1-2-4-6-5-3-1/h1-4H3;1-4H2. The largest absolute Gasteiger partial charge is 0.379 e. The first-order valence-corrected chi connectivity index (χ1v) is 4.36. The van der Waals surface area contributed by atoms with Gasteiger partial charge in [-0.3, -0.25) is 0 Å². The van der Waals surface area contributed by atoms with Gasteiger partial charge in [0.15, 0.2) is 0 Å². The maximum absolute atomic E-state index is 4.94. The van der Waals surface area contributed by atoms with Crippen LogP contribution in [0.4, 0.5) is 0 Å². The fourth-order valence-corrected chi connectivity index (χ4v) is 0.440. The highest BCUT2D eigenvalue weighted by molar-refractivity contribution is 4.55. The van der Waals surface area contributed by atoms with Gasteiger partial charge in [-0.15, -0.1) is 0 Å². The Kier molecular flexibility index (Phi) is 6.34. The third kappa shape index (κ3) is 9.88. The first kappa shape index (κ1) is 11.9. The summed E-state index contributed by atoms with van der Waals surface area (Å²) in [6, 6.07) is 0. The lowest BCUT2D eigenvalue weighted by atomic mass is 10.2. The molecule has 0 unspecified atom stereocenters. The van der Waals surface area contributed by atoms with Gasteiger partial charge in [-0.2, -0.15) is 0 Å². The third-order valence-corrected chi connectivity index (χ3v) is 1.40. The molecule has 3 nitrogen and oxygen atoms in total. The zero-order chi connectivity index (χ0) is 9.45. The van der Waals surface area contributed by atoms with Crippen LogP contribution in [0.25, 0.3) is 0 Å². The predicted molar refractivity (Wildman–Crippen MR) is 47.9 cm³/mol. The summed E-state index contributed by atoms with van der Waals surface area (Å²) in [7, 11) is 1.71. The average molecular weight is 176 g/mol. The van der Waals surface area contributed by atoms with Gasteiger partial charge in [-0.1, -0.05) is 0 Å². The molecule has 0 aromatic carbocycles. The van der Waals surface area contributed by atoms with E-state index in [0.29, 0.717) is 0 Å². The summed E-state index contributed by atoms with van der Waals surface area (Å²) in [6.45, 7) is 7.62. The molecule has 0 amide bonds. The monoisotopic (exact) mass is 176 g/mol. The summed E-state index contributed by atoms with van der Waals surface area (Å²) in [5.41, 5.74) is 0.0417. The molecule has 74 valence electrons. The van der Waals surface area contributed by atoms with Gasteiger partial charge in [0.1, 0.15) is 0 Å². The van der Waals surface area contributed by atoms with E-state index in [1.165, 1.54) is 0 Å². The van der Waals surface area contributed by atoms with Gasteiger partial charge in [0.05, 0.1) is 18.8 Å². The van der Waals surface area contributed by atoms with Crippen molar-refractivity contribution in [3.8, 4) is 0 Å². The van der Waals surface area contributed by atoms with Crippen molar-refractivity contribution in [3.05, 3.63) is 0 Å². The van der Waals surface area contributed by atoms with Gasteiger partial charge in [0.25, 0.3) is 0 Å². The molecule has 0 aromatic rings. The minimum Gasteiger partial charge on any atom is -0.379 e. The van der Waals surface area contributed by atoms with Crippen LogP contribution in [0, 0.1) is 0 Å². The maximum Gasteiger partial charge on any atom is 0.0823 e. The molecule has 0 saturated carbocycles. The fraction of sp³-hybridized carbons (Fsp3) is 1.00. The van der Waals surface area contributed by atoms with Crippen molar-refractivity contribution < 1.29 is 14.5 Å². The molecule has 1 aliphatic rings. The number of rotatable bonds is 0. The molecule has 1 rings (SSSR count). The lowest BCUT2D eigenvalue weighted by Gasteiger charge is -2.14. The molecule has 1 saturated heterocycles. The molecule has 0 radical (unpaired) electrons. The van der Waals surface area contributed by atoms with E-state index in [2.05, 4.69) is 9.78 Å². The SMILES string of the molecule is C1CCOOC1.COC(C)(C)C. The Labute approximate surface area is 74.9 Å². The van der Waals surface area contributed by atoms with Crippen molar-refractivity contribution in [3.63, 3.8) is 0 Å². The molecule has 0 atom stereocenters. The Morgan fingerprint density at radius 2 is 1.33 bits per heavy atom. The van der Waals surface area contributed by atoms with E-state index >= 15 is 0 Å². The first-order chi connectivity index (χ1) is 5.56. The van der Waals surface area contributed by atoms with Gasteiger partial charge in [0, 0.05) is 7.11 Å². The van der Waals surface area contributed by atoms with Crippen LogP contribution in [0.3, 0.4) is 0 Å². The van der Waals surface area contributed by atoms with E-state index in [0.717, 1.165) is 26.1 Å². The van der Waals surface area contributed by atoms with Gasteiger partial charge in [-0.25, -0.2) is 9.78 Å². The van der Waals surface area contributed by atoms with Crippen LogP contribution in [0.1, 0.15) is 33.6 Å². The molecular weight excluding hydrogens is 156 g/mol. The Balaban J connectivity index is 0.000000202. The Morgan fingerprint density at radius 1 is 1.00 bits per heavy atom. The maximum atomic E-state index is 4.94. The van der Waals surface area contributed by atoms with Gasteiger partial charge in [-0.05, 0) is 33.6 Å². The van der Waals surface area contributed by atoms with E-state index in [1.54, 1.807) is 7.11 Å². The number of ether oxygens (including phenoxy) is 1. The highest BCUT2D eigenvalue weighted by Crippen LogP contribution is 2.02. The molecule has 1 heterocycles. The van der Waals surface area contributed by atoms with Crippen molar-refractivity contribution in [1.82, 2.24) is 0 Å². The second-order valence-corrected chi connectivity index (χ2v) is 3.67. The number of hydrogen-bond acceptors (Lipinski definition) is 3. The minimum absolute atomic E-state index is 0.0417. The van der Waals surface area contributed by atoms with Crippen LogP contribution < -0.4 is 0 Å². The van der Waals surface area contributed by atoms with Crippen LogP contribution in [-0.2, 0) is 14.5 Å². The van der Waals surface area contributed by atoms with Crippen LogP contribution in [0.2, 0.25) is 0 Å². The van der Waals surface area contributed by atoms with Gasteiger partial charge < -0.3 is 4.74 Å². The topological polar surface area (TPSA) is 27.7 Å². The molecule has 1 aliphatic heterocycles. The normalized spacial score (nSPS) is 18.0. The third-order valence-electron chi connectivity index (χ3n) is 1.40. The second-order valence-electron chi connectivity index (χ2n) is 3.67. The number of hydrogen-bond donors (Lipinski definition) is 0. The lowest BCUT2D eigenvalue weighted by Crippen LogP contribution is -2.15. The lowest BCUT2D eigenvalue weighted by molar-refractivity contribution is -0.312. The van der Waals surface area contributed by atoms with Crippen molar-refractivity contribution >= 4 is 0 Å². The Morgan fingerprint density at radius 3 is 1.42 bits per heavy atom. The summed E-state index contributed by atoms with van der Waals surface area (Å²) >= 11 is 0. The zero-order valence-corrected chi connectivity index (χ0v) is 8.55. The highest BCUT2D eigenvalue weighted by Gasteiger charge is 2.04. The van der Waals surface area contributed by atoms with Crippen molar-refractivity contribution in [2.75, 3.05) is 20.3 Å². The van der Waals surface area contributed by atoms with Crippen molar-refractivity contribution in [1.29, 1.82) is 0 Å². The fourth-order valence-electron chi connectivity index (χ4n) is 0.440. The summed E-state index contributed by atoms with van der Waals surface area (Å²) in [6.07, 6.45) is 2.31. The van der Waals surface area contributed by atoms with Gasteiger partial charge >= 0.3 is 0 Å². The van der Waals surface area contributed by atoms with Crippen LogP contribution in [0.15, 0.2) is 0 Å². The van der Waals surface area contributed by atoms with Crippen LogP contribution in [0.5, 0.6) is 0 Å². The van der Waals surface area contributed by atoms with E-state index in [-0.39, 0.29) is 5.60 Å². The van der Waals surface area contributed by atoms with Crippen LogP contribution in [-0.4, -0.2) is 25.9 Å². The molecule has 3 heteroatoms. The summed E-state index contributed by atoms with van der Waals surface area (Å²) in [4.78, 5) is 9.14. The smallest absolute Gasteiger partial charge is 0.0823 e. The molecule has 1 fully saturated rings. The summed E-state index contributed by atoms with van der Waals surface area (Å²) < 4.78 is 4.94.